The molecule has 1 aromatic rings. The zero-order chi connectivity index (χ0) is 11.6. The van der Waals surface area contributed by atoms with Gasteiger partial charge >= 0.3 is 0 Å². The van der Waals surface area contributed by atoms with E-state index in [2.05, 4.69) is 15.3 Å². The molecule has 0 amide bonds. The van der Waals surface area contributed by atoms with Crippen LogP contribution in [0.3, 0.4) is 0 Å². The van der Waals surface area contributed by atoms with Crippen LogP contribution in [0.1, 0.15) is 12.1 Å². The lowest BCUT2D eigenvalue weighted by molar-refractivity contribution is 0.562. The average Bonchev–Trinajstić information content (AvgIpc) is 2.70. The first-order chi connectivity index (χ1) is 7.58. The van der Waals surface area contributed by atoms with E-state index in [9.17, 15) is 8.42 Å². The molecular weight excluding hydrogens is 262 g/mol. The van der Waals surface area contributed by atoms with E-state index in [1.807, 2.05) is 0 Å². The summed E-state index contributed by atoms with van der Waals surface area (Å²) in [5, 5.41) is 3.11. The van der Waals surface area contributed by atoms with Gasteiger partial charge in [-0.15, -0.1) is 12.4 Å². The standard InChI is InChI=1S/C10H15N3O2S.ClH/c1-8-2-5-12-10(13-8)16(14,15)7-9-3-4-11-6-9;/h2,5,9,11H,3-4,6-7H2,1H3;1H. The second-order valence-corrected chi connectivity index (χ2v) is 6.05. The van der Waals surface area contributed by atoms with Crippen LogP contribution in [0.25, 0.3) is 0 Å². The lowest BCUT2D eigenvalue weighted by Crippen LogP contribution is -2.20. The van der Waals surface area contributed by atoms with Crippen LogP contribution < -0.4 is 5.32 Å². The van der Waals surface area contributed by atoms with Gasteiger partial charge in [0, 0.05) is 11.9 Å². The van der Waals surface area contributed by atoms with Crippen LogP contribution in [0.5, 0.6) is 0 Å². The van der Waals surface area contributed by atoms with Crippen LogP contribution >= 0.6 is 12.4 Å². The van der Waals surface area contributed by atoms with E-state index in [1.165, 1.54) is 6.20 Å². The Labute approximate surface area is 107 Å². The summed E-state index contributed by atoms with van der Waals surface area (Å²) in [6.07, 6.45) is 2.40. The third-order valence-corrected chi connectivity index (χ3v) is 4.33. The van der Waals surface area contributed by atoms with Crippen molar-refractivity contribution < 1.29 is 8.42 Å². The van der Waals surface area contributed by atoms with Crippen molar-refractivity contribution in [3.8, 4) is 0 Å². The Bertz CT molecular complexity index is 472. The molecule has 0 bridgehead atoms. The van der Waals surface area contributed by atoms with Gasteiger partial charge in [0.05, 0.1) is 5.75 Å². The molecule has 0 aliphatic carbocycles. The van der Waals surface area contributed by atoms with Gasteiger partial charge < -0.3 is 5.32 Å². The second-order valence-electron chi connectivity index (χ2n) is 4.12. The topological polar surface area (TPSA) is 72.0 Å². The van der Waals surface area contributed by atoms with Crippen molar-refractivity contribution in [2.75, 3.05) is 18.8 Å². The molecule has 1 aromatic heterocycles. The minimum absolute atomic E-state index is 0. The quantitative estimate of drug-likeness (QED) is 0.819. The molecule has 0 saturated carbocycles. The zero-order valence-corrected chi connectivity index (χ0v) is 11.2. The van der Waals surface area contributed by atoms with Crippen molar-refractivity contribution in [3.63, 3.8) is 0 Å². The first-order valence-electron chi connectivity index (χ1n) is 5.31. The fourth-order valence-electron chi connectivity index (χ4n) is 1.82. The maximum absolute atomic E-state index is 12.0. The number of sulfone groups is 1. The number of aromatic nitrogens is 2. The van der Waals surface area contributed by atoms with Gasteiger partial charge in [-0.3, -0.25) is 0 Å². The van der Waals surface area contributed by atoms with E-state index in [4.69, 9.17) is 0 Å². The molecule has 1 unspecified atom stereocenters. The Hall–Kier alpha value is -0.720. The molecule has 17 heavy (non-hydrogen) atoms. The summed E-state index contributed by atoms with van der Waals surface area (Å²) in [6, 6.07) is 1.69. The monoisotopic (exact) mass is 277 g/mol. The average molecular weight is 278 g/mol. The third kappa shape index (κ3) is 3.62. The summed E-state index contributed by atoms with van der Waals surface area (Å²) in [4.78, 5) is 7.80. The highest BCUT2D eigenvalue weighted by molar-refractivity contribution is 7.91. The SMILES string of the molecule is Cc1ccnc(S(=O)(=O)CC2CCNC2)n1.Cl. The Morgan fingerprint density at radius 1 is 1.53 bits per heavy atom. The van der Waals surface area contributed by atoms with Crippen molar-refractivity contribution >= 4 is 22.2 Å². The molecule has 0 spiro atoms. The lowest BCUT2D eigenvalue weighted by atomic mass is 10.2. The van der Waals surface area contributed by atoms with Crippen LogP contribution in [0.2, 0.25) is 0 Å². The van der Waals surface area contributed by atoms with E-state index >= 15 is 0 Å². The largest absolute Gasteiger partial charge is 0.316 e. The Kier molecular flexibility index (Phi) is 4.85. The number of hydrogen-bond donors (Lipinski definition) is 1. The van der Waals surface area contributed by atoms with Gasteiger partial charge in [-0.05, 0) is 38.4 Å². The highest BCUT2D eigenvalue weighted by Crippen LogP contribution is 2.14. The first-order valence-corrected chi connectivity index (χ1v) is 6.96. The van der Waals surface area contributed by atoms with Crippen LogP contribution in [0.15, 0.2) is 17.4 Å². The number of nitrogens with one attached hydrogen (secondary N) is 1. The smallest absolute Gasteiger partial charge is 0.247 e. The molecule has 0 aromatic carbocycles. The van der Waals surface area contributed by atoms with Crippen molar-refractivity contribution in [1.29, 1.82) is 0 Å². The second kappa shape index (κ2) is 5.75. The van der Waals surface area contributed by atoms with Crippen molar-refractivity contribution in [2.45, 2.75) is 18.5 Å². The lowest BCUT2D eigenvalue weighted by Gasteiger charge is -2.08. The van der Waals surface area contributed by atoms with Crippen molar-refractivity contribution in [3.05, 3.63) is 18.0 Å². The number of aryl methyl sites for hydroxylation is 1. The summed E-state index contributed by atoms with van der Waals surface area (Å²) in [5.41, 5.74) is 0.679. The van der Waals surface area contributed by atoms with Crippen LogP contribution in [-0.2, 0) is 9.84 Å². The van der Waals surface area contributed by atoms with E-state index in [0.29, 0.717) is 5.69 Å². The molecular formula is C10H16ClN3O2S. The molecule has 2 rings (SSSR count). The maximum Gasteiger partial charge on any atom is 0.247 e. The van der Waals surface area contributed by atoms with Crippen LogP contribution in [0, 0.1) is 12.8 Å². The molecule has 0 radical (unpaired) electrons. The molecule has 96 valence electrons. The molecule has 1 aliphatic rings. The van der Waals surface area contributed by atoms with Gasteiger partial charge in [-0.2, -0.15) is 0 Å². The number of rotatable bonds is 3. The molecule has 1 N–H and O–H groups in total. The fraction of sp³-hybridized carbons (Fsp3) is 0.600. The van der Waals surface area contributed by atoms with Gasteiger partial charge in [0.25, 0.3) is 0 Å². The van der Waals surface area contributed by atoms with Crippen molar-refractivity contribution in [2.24, 2.45) is 5.92 Å². The molecule has 1 atom stereocenters. The predicted octanol–water partition coefficient (Wildman–Crippen LogP) is 0.590. The molecule has 2 heterocycles. The predicted molar refractivity (Wildman–Crippen MR) is 67.0 cm³/mol. The summed E-state index contributed by atoms with van der Waals surface area (Å²) in [6.45, 7) is 3.43. The molecule has 1 saturated heterocycles. The maximum atomic E-state index is 12.0. The number of halogens is 1. The van der Waals surface area contributed by atoms with E-state index in [1.54, 1.807) is 13.0 Å². The number of hydrogen-bond acceptors (Lipinski definition) is 5. The van der Waals surface area contributed by atoms with Gasteiger partial charge in [0.15, 0.2) is 0 Å². The molecule has 1 aliphatic heterocycles. The Balaban J connectivity index is 0.00000144. The summed E-state index contributed by atoms with van der Waals surface area (Å²) < 4.78 is 24.0. The zero-order valence-electron chi connectivity index (χ0n) is 9.59. The van der Waals surface area contributed by atoms with E-state index in [-0.39, 0.29) is 29.2 Å². The minimum atomic E-state index is -3.33. The highest BCUT2D eigenvalue weighted by Gasteiger charge is 2.25. The van der Waals surface area contributed by atoms with Crippen LogP contribution in [0.4, 0.5) is 0 Å². The van der Waals surface area contributed by atoms with Gasteiger partial charge in [0.2, 0.25) is 15.0 Å². The highest BCUT2D eigenvalue weighted by atomic mass is 35.5. The van der Waals surface area contributed by atoms with Gasteiger partial charge in [0.1, 0.15) is 0 Å². The molecule has 5 nitrogen and oxygen atoms in total. The fourth-order valence-corrected chi connectivity index (χ4v) is 3.38. The normalized spacial score (nSPS) is 19.9. The van der Waals surface area contributed by atoms with Crippen LogP contribution in [-0.4, -0.2) is 37.2 Å². The molecule has 1 fully saturated rings. The molecule has 7 heteroatoms. The van der Waals surface area contributed by atoms with Crippen molar-refractivity contribution in [1.82, 2.24) is 15.3 Å². The first kappa shape index (κ1) is 14.3. The minimum Gasteiger partial charge on any atom is -0.316 e. The Morgan fingerprint density at radius 3 is 2.88 bits per heavy atom. The van der Waals surface area contributed by atoms with Gasteiger partial charge in [-0.1, -0.05) is 0 Å². The van der Waals surface area contributed by atoms with E-state index in [0.717, 1.165) is 19.5 Å². The van der Waals surface area contributed by atoms with Gasteiger partial charge in [-0.25, -0.2) is 18.4 Å². The third-order valence-electron chi connectivity index (χ3n) is 2.67. The summed E-state index contributed by atoms with van der Waals surface area (Å²) in [7, 11) is -3.33. The number of nitrogens with zero attached hydrogens (tertiary/aromatic N) is 2. The summed E-state index contributed by atoms with van der Waals surface area (Å²) >= 11 is 0. The summed E-state index contributed by atoms with van der Waals surface area (Å²) in [5.74, 6) is 0.331. The Morgan fingerprint density at radius 2 is 2.29 bits per heavy atom. The van der Waals surface area contributed by atoms with E-state index < -0.39 is 9.84 Å².